The van der Waals surface area contributed by atoms with Crippen molar-refractivity contribution in [3.8, 4) is 11.3 Å². The van der Waals surface area contributed by atoms with E-state index < -0.39 is 11.5 Å². The Kier molecular flexibility index (Phi) is 6.93. The molecule has 1 aromatic carbocycles. The highest BCUT2D eigenvalue weighted by molar-refractivity contribution is 5.96. The number of nitrogens with one attached hydrogen (secondary N) is 3. The lowest BCUT2D eigenvalue weighted by atomic mass is 9.86. The van der Waals surface area contributed by atoms with Gasteiger partial charge in [-0.25, -0.2) is 4.79 Å². The maximum absolute atomic E-state index is 12.0. The fraction of sp³-hybridized carbons (Fsp3) is 0.500. The highest BCUT2D eigenvalue weighted by Gasteiger charge is 2.25. The Balaban J connectivity index is 1.55. The fourth-order valence-corrected chi connectivity index (χ4v) is 4.07. The molecule has 0 aliphatic heterocycles. The van der Waals surface area contributed by atoms with E-state index >= 15 is 0 Å². The summed E-state index contributed by atoms with van der Waals surface area (Å²) in [5, 5.41) is 6.57. The van der Waals surface area contributed by atoms with Crippen LogP contribution in [0.2, 0.25) is 0 Å². The van der Waals surface area contributed by atoms with Crippen LogP contribution >= 0.6 is 0 Å². The molecule has 0 spiro atoms. The number of primary amides is 1. The number of hydrogen-bond donors (Lipinski definition) is 4. The van der Waals surface area contributed by atoms with Gasteiger partial charge in [0.25, 0.3) is 5.91 Å². The van der Waals surface area contributed by atoms with Gasteiger partial charge in [0.1, 0.15) is 5.60 Å². The van der Waals surface area contributed by atoms with Gasteiger partial charge < -0.3 is 26.1 Å². The summed E-state index contributed by atoms with van der Waals surface area (Å²) in [5.74, 6) is 0.110. The number of carbonyl (C=O) groups excluding carboxylic acids is 2. The molecular weight excluding hydrogens is 392 g/mol. The third-order valence-corrected chi connectivity index (χ3v) is 5.65. The summed E-state index contributed by atoms with van der Waals surface area (Å²) >= 11 is 0. The van der Waals surface area contributed by atoms with Gasteiger partial charge in [-0.1, -0.05) is 18.2 Å². The van der Waals surface area contributed by atoms with Crippen molar-refractivity contribution >= 4 is 17.7 Å². The van der Waals surface area contributed by atoms with E-state index in [9.17, 15) is 9.59 Å². The highest BCUT2D eigenvalue weighted by atomic mass is 16.6. The summed E-state index contributed by atoms with van der Waals surface area (Å²) in [6.07, 6.45) is 3.65. The van der Waals surface area contributed by atoms with E-state index in [1.165, 1.54) is 0 Å². The lowest BCUT2D eigenvalue weighted by Crippen LogP contribution is -2.41. The first kappa shape index (κ1) is 22.7. The van der Waals surface area contributed by atoms with Gasteiger partial charge in [0.2, 0.25) is 0 Å². The number of aromatic amines is 1. The van der Waals surface area contributed by atoms with Crippen LogP contribution in [0.3, 0.4) is 0 Å². The third kappa shape index (κ3) is 6.26. The van der Waals surface area contributed by atoms with E-state index in [0.29, 0.717) is 11.5 Å². The van der Waals surface area contributed by atoms with Crippen molar-refractivity contribution in [2.75, 3.05) is 11.9 Å². The molecule has 1 saturated carbocycles. The molecule has 31 heavy (non-hydrogen) atoms. The molecule has 168 valence electrons. The number of alkyl carbamates (subject to hydrolysis) is 1. The van der Waals surface area contributed by atoms with Gasteiger partial charge in [0.15, 0.2) is 0 Å². The number of para-hydroxylation sites is 1. The number of aryl methyl sites for hydroxylation is 1. The molecule has 0 unspecified atom stereocenters. The predicted octanol–water partition coefficient (Wildman–Crippen LogP) is 4.58. The standard InChI is InChI=1S/C24H34N4O3/c1-15-19(22(25)29)13-21(27-15)18-7-5-6-8-20(18)26-14-16-9-11-17(12-10-16)28-23(30)31-24(2,3)4/h5-8,13,16-17,26-27H,9-12,14H2,1-4H3,(H2,25,29)(H,28,30). The quantitative estimate of drug-likeness (QED) is 0.542. The van der Waals surface area contributed by atoms with Crippen LogP contribution in [0, 0.1) is 12.8 Å². The van der Waals surface area contributed by atoms with Gasteiger partial charge in [-0.15, -0.1) is 0 Å². The minimum Gasteiger partial charge on any atom is -0.444 e. The molecule has 1 aliphatic rings. The largest absolute Gasteiger partial charge is 0.444 e. The van der Waals surface area contributed by atoms with E-state index in [1.807, 2.05) is 58.0 Å². The van der Waals surface area contributed by atoms with Gasteiger partial charge in [-0.3, -0.25) is 4.79 Å². The van der Waals surface area contributed by atoms with E-state index in [-0.39, 0.29) is 12.1 Å². The van der Waals surface area contributed by atoms with Crippen LogP contribution in [0.15, 0.2) is 30.3 Å². The van der Waals surface area contributed by atoms with Crippen molar-refractivity contribution in [1.82, 2.24) is 10.3 Å². The van der Waals surface area contributed by atoms with E-state index in [1.54, 1.807) is 0 Å². The number of nitrogens with two attached hydrogens (primary N) is 1. The van der Waals surface area contributed by atoms with Crippen molar-refractivity contribution in [3.05, 3.63) is 41.6 Å². The summed E-state index contributed by atoms with van der Waals surface area (Å²) in [5.41, 5.74) is 9.18. The summed E-state index contributed by atoms with van der Waals surface area (Å²) < 4.78 is 5.36. The first-order chi connectivity index (χ1) is 14.6. The molecule has 1 heterocycles. The van der Waals surface area contributed by atoms with Crippen molar-refractivity contribution in [1.29, 1.82) is 0 Å². The number of aromatic nitrogens is 1. The summed E-state index contributed by atoms with van der Waals surface area (Å²) in [7, 11) is 0. The molecule has 1 aliphatic carbocycles. The molecule has 1 fully saturated rings. The fourth-order valence-electron chi connectivity index (χ4n) is 4.07. The van der Waals surface area contributed by atoms with Crippen LogP contribution in [0.5, 0.6) is 0 Å². The Labute approximate surface area is 184 Å². The number of H-pyrrole nitrogens is 1. The van der Waals surface area contributed by atoms with Gasteiger partial charge in [0.05, 0.1) is 5.56 Å². The Hall–Kier alpha value is -2.96. The Morgan fingerprint density at radius 1 is 1.16 bits per heavy atom. The molecule has 0 atom stereocenters. The summed E-state index contributed by atoms with van der Waals surface area (Å²) in [6, 6.07) is 10.0. The zero-order valence-corrected chi connectivity index (χ0v) is 18.9. The Morgan fingerprint density at radius 2 is 1.84 bits per heavy atom. The van der Waals surface area contributed by atoms with E-state index in [4.69, 9.17) is 10.5 Å². The van der Waals surface area contributed by atoms with Gasteiger partial charge in [-0.2, -0.15) is 0 Å². The molecule has 5 N–H and O–H groups in total. The molecule has 0 bridgehead atoms. The minimum absolute atomic E-state index is 0.174. The predicted molar refractivity (Wildman–Crippen MR) is 123 cm³/mol. The average molecular weight is 427 g/mol. The Bertz CT molecular complexity index is 921. The molecule has 0 radical (unpaired) electrons. The molecule has 7 nitrogen and oxygen atoms in total. The van der Waals surface area contributed by atoms with Gasteiger partial charge >= 0.3 is 6.09 Å². The summed E-state index contributed by atoms with van der Waals surface area (Å²) in [6.45, 7) is 8.32. The number of anilines is 1. The maximum Gasteiger partial charge on any atom is 0.407 e. The highest BCUT2D eigenvalue weighted by Crippen LogP contribution is 2.30. The minimum atomic E-state index is -0.478. The van der Waals surface area contributed by atoms with Crippen molar-refractivity contribution in [2.45, 2.75) is 65.0 Å². The van der Waals surface area contributed by atoms with Crippen molar-refractivity contribution in [2.24, 2.45) is 11.7 Å². The van der Waals surface area contributed by atoms with Crippen LogP contribution in [0.1, 0.15) is 62.5 Å². The number of benzene rings is 1. The molecule has 2 amide bonds. The zero-order chi connectivity index (χ0) is 22.6. The zero-order valence-electron chi connectivity index (χ0n) is 18.9. The lowest BCUT2D eigenvalue weighted by Gasteiger charge is -2.30. The third-order valence-electron chi connectivity index (χ3n) is 5.65. The first-order valence-corrected chi connectivity index (χ1v) is 10.9. The second kappa shape index (κ2) is 9.45. The van der Waals surface area contributed by atoms with Crippen LogP contribution in [0.25, 0.3) is 11.3 Å². The molecule has 3 rings (SSSR count). The SMILES string of the molecule is Cc1[nH]c(-c2ccccc2NCC2CCC(NC(=O)OC(C)(C)C)CC2)cc1C(N)=O. The van der Waals surface area contributed by atoms with E-state index in [0.717, 1.165) is 54.9 Å². The van der Waals surface area contributed by atoms with Crippen molar-refractivity contribution in [3.63, 3.8) is 0 Å². The molecule has 2 aromatic rings. The molecule has 1 aromatic heterocycles. The van der Waals surface area contributed by atoms with Crippen LogP contribution in [0.4, 0.5) is 10.5 Å². The molecule has 0 saturated heterocycles. The lowest BCUT2D eigenvalue weighted by molar-refractivity contribution is 0.0488. The number of carbonyl (C=O) groups is 2. The second-order valence-corrected chi connectivity index (χ2v) is 9.38. The monoisotopic (exact) mass is 426 g/mol. The molecular formula is C24H34N4O3. The maximum atomic E-state index is 12.0. The average Bonchev–Trinajstić information content (AvgIpc) is 3.08. The number of rotatable bonds is 6. The van der Waals surface area contributed by atoms with Crippen LogP contribution < -0.4 is 16.4 Å². The number of ether oxygens (including phenoxy) is 1. The summed E-state index contributed by atoms with van der Waals surface area (Å²) in [4.78, 5) is 26.8. The van der Waals surface area contributed by atoms with Crippen LogP contribution in [-0.2, 0) is 4.74 Å². The van der Waals surface area contributed by atoms with E-state index in [2.05, 4.69) is 15.6 Å². The van der Waals surface area contributed by atoms with Gasteiger partial charge in [0, 0.05) is 35.2 Å². The second-order valence-electron chi connectivity index (χ2n) is 9.38. The van der Waals surface area contributed by atoms with Crippen molar-refractivity contribution < 1.29 is 14.3 Å². The van der Waals surface area contributed by atoms with Gasteiger partial charge in [-0.05, 0) is 71.4 Å². The topological polar surface area (TPSA) is 109 Å². The number of hydrogen-bond acceptors (Lipinski definition) is 4. The van der Waals surface area contributed by atoms with Crippen LogP contribution in [-0.4, -0.2) is 35.2 Å². The normalized spacial score (nSPS) is 19.0. The smallest absolute Gasteiger partial charge is 0.407 e. The molecule has 7 heteroatoms. The first-order valence-electron chi connectivity index (χ1n) is 10.9. The Morgan fingerprint density at radius 3 is 2.45 bits per heavy atom. The number of amides is 2.